The Hall–Kier alpha value is -2.81. The molecular weight excluding hydrogens is 262 g/mol. The molecule has 1 aliphatic rings. The van der Waals surface area contributed by atoms with Gasteiger partial charge in [0.15, 0.2) is 11.5 Å². The second kappa shape index (κ2) is 4.94. The van der Waals surface area contributed by atoms with Crippen LogP contribution >= 0.6 is 0 Å². The lowest BCUT2D eigenvalue weighted by Gasteiger charge is -2.01. The van der Waals surface area contributed by atoms with Crippen LogP contribution in [0.2, 0.25) is 0 Å². The summed E-state index contributed by atoms with van der Waals surface area (Å²) in [5.41, 5.74) is 3.24. The predicted octanol–water partition coefficient (Wildman–Crippen LogP) is 4.13. The van der Waals surface area contributed by atoms with E-state index >= 15 is 0 Å². The first-order chi connectivity index (χ1) is 10.4. The highest BCUT2D eigenvalue weighted by atomic mass is 16.7. The molecule has 0 radical (unpaired) electrons. The Balaban J connectivity index is 1.71. The van der Waals surface area contributed by atoms with Gasteiger partial charge in [-0.1, -0.05) is 36.4 Å². The Morgan fingerprint density at radius 3 is 2.81 bits per heavy atom. The molecule has 0 bridgehead atoms. The van der Waals surface area contributed by atoms with Crippen LogP contribution in [0.15, 0.2) is 54.7 Å². The fourth-order valence-electron chi connectivity index (χ4n) is 2.47. The maximum atomic E-state index is 5.40. The van der Waals surface area contributed by atoms with Crippen molar-refractivity contribution in [3.05, 3.63) is 65.9 Å². The van der Waals surface area contributed by atoms with Crippen molar-refractivity contribution < 1.29 is 9.47 Å². The van der Waals surface area contributed by atoms with Crippen molar-refractivity contribution in [3.8, 4) is 11.5 Å². The van der Waals surface area contributed by atoms with Crippen LogP contribution in [0.3, 0.4) is 0 Å². The molecule has 4 rings (SSSR count). The SMILES string of the molecule is C(=C/c1ccnc2ccccc12)/c1ccc2c(c1)OCO2. The van der Waals surface area contributed by atoms with Gasteiger partial charge in [0.1, 0.15) is 0 Å². The molecule has 1 aromatic heterocycles. The predicted molar refractivity (Wildman–Crippen MR) is 83.2 cm³/mol. The monoisotopic (exact) mass is 275 g/mol. The van der Waals surface area contributed by atoms with Gasteiger partial charge < -0.3 is 9.47 Å². The summed E-state index contributed by atoms with van der Waals surface area (Å²) in [6.45, 7) is 0.303. The molecule has 0 saturated carbocycles. The fourth-order valence-corrected chi connectivity index (χ4v) is 2.47. The number of fused-ring (bicyclic) bond motifs is 2. The standard InChI is InChI=1S/C18H13NO2/c1-2-4-16-15(3-1)14(9-10-19-16)7-5-13-6-8-17-18(11-13)21-12-20-17/h1-11H,12H2/b7-5-. The first-order valence-corrected chi connectivity index (χ1v) is 6.82. The smallest absolute Gasteiger partial charge is 0.231 e. The molecule has 0 fully saturated rings. The topological polar surface area (TPSA) is 31.4 Å². The van der Waals surface area contributed by atoms with Gasteiger partial charge in [0, 0.05) is 11.6 Å². The van der Waals surface area contributed by atoms with E-state index in [-0.39, 0.29) is 0 Å². The van der Waals surface area contributed by atoms with Gasteiger partial charge in [-0.15, -0.1) is 0 Å². The number of pyridine rings is 1. The Morgan fingerprint density at radius 2 is 1.81 bits per heavy atom. The lowest BCUT2D eigenvalue weighted by molar-refractivity contribution is 0.174. The number of rotatable bonds is 2. The van der Waals surface area contributed by atoms with Crippen LogP contribution in [0, 0.1) is 0 Å². The minimum atomic E-state index is 0.303. The van der Waals surface area contributed by atoms with E-state index < -0.39 is 0 Å². The molecule has 3 aromatic rings. The number of hydrogen-bond donors (Lipinski definition) is 0. The maximum absolute atomic E-state index is 5.40. The summed E-state index contributed by atoms with van der Waals surface area (Å²) in [6, 6.07) is 16.1. The lowest BCUT2D eigenvalue weighted by Crippen LogP contribution is -1.92. The van der Waals surface area contributed by atoms with Crippen LogP contribution < -0.4 is 9.47 Å². The van der Waals surface area contributed by atoms with E-state index in [9.17, 15) is 0 Å². The Labute approximate surface area is 122 Å². The summed E-state index contributed by atoms with van der Waals surface area (Å²) in [5.74, 6) is 1.61. The van der Waals surface area contributed by atoms with E-state index in [4.69, 9.17) is 9.47 Å². The number of hydrogen-bond acceptors (Lipinski definition) is 3. The van der Waals surface area contributed by atoms with Crippen LogP contribution in [0.1, 0.15) is 11.1 Å². The highest BCUT2D eigenvalue weighted by molar-refractivity contribution is 5.90. The molecule has 0 amide bonds. The molecule has 2 heterocycles. The van der Waals surface area contributed by atoms with Crippen LogP contribution in [0.4, 0.5) is 0 Å². The Kier molecular flexibility index (Phi) is 2.82. The van der Waals surface area contributed by atoms with E-state index in [0.717, 1.165) is 33.5 Å². The summed E-state index contributed by atoms with van der Waals surface area (Å²) in [6.07, 6.45) is 6.01. The molecular formula is C18H13NO2. The third-order valence-corrected chi connectivity index (χ3v) is 3.53. The summed E-state index contributed by atoms with van der Waals surface area (Å²) in [7, 11) is 0. The van der Waals surface area contributed by atoms with Crippen molar-refractivity contribution in [1.82, 2.24) is 4.98 Å². The highest BCUT2D eigenvalue weighted by Gasteiger charge is 2.12. The quantitative estimate of drug-likeness (QED) is 0.704. The molecule has 0 saturated heterocycles. The van der Waals surface area contributed by atoms with Gasteiger partial charge in [0.05, 0.1) is 5.52 Å². The number of ether oxygens (including phenoxy) is 2. The van der Waals surface area contributed by atoms with Crippen LogP contribution in [-0.4, -0.2) is 11.8 Å². The van der Waals surface area contributed by atoms with Crippen molar-refractivity contribution in [3.63, 3.8) is 0 Å². The Morgan fingerprint density at radius 1 is 0.905 bits per heavy atom. The molecule has 3 nitrogen and oxygen atoms in total. The molecule has 0 N–H and O–H groups in total. The average molecular weight is 275 g/mol. The van der Waals surface area contributed by atoms with Crippen molar-refractivity contribution >= 4 is 23.1 Å². The zero-order valence-electron chi connectivity index (χ0n) is 11.3. The second-order valence-corrected chi connectivity index (χ2v) is 4.86. The summed E-state index contributed by atoms with van der Waals surface area (Å²) in [4.78, 5) is 4.37. The molecule has 102 valence electrons. The van der Waals surface area contributed by atoms with Crippen molar-refractivity contribution in [1.29, 1.82) is 0 Å². The minimum absolute atomic E-state index is 0.303. The third kappa shape index (κ3) is 2.23. The molecule has 21 heavy (non-hydrogen) atoms. The summed E-state index contributed by atoms with van der Waals surface area (Å²) < 4.78 is 10.7. The normalized spacial score (nSPS) is 13.1. The second-order valence-electron chi connectivity index (χ2n) is 4.86. The van der Waals surface area contributed by atoms with Gasteiger partial charge in [0.25, 0.3) is 0 Å². The largest absolute Gasteiger partial charge is 0.454 e. The fraction of sp³-hybridized carbons (Fsp3) is 0.0556. The van der Waals surface area contributed by atoms with Crippen molar-refractivity contribution in [2.24, 2.45) is 0 Å². The lowest BCUT2D eigenvalue weighted by atomic mass is 10.1. The number of aromatic nitrogens is 1. The van der Waals surface area contributed by atoms with E-state index in [2.05, 4.69) is 23.2 Å². The summed E-state index contributed by atoms with van der Waals surface area (Å²) >= 11 is 0. The van der Waals surface area contributed by atoms with Gasteiger partial charge in [-0.3, -0.25) is 4.98 Å². The maximum Gasteiger partial charge on any atom is 0.231 e. The Bertz CT molecular complexity index is 834. The number of benzene rings is 2. The zero-order chi connectivity index (χ0) is 14.1. The number of para-hydroxylation sites is 1. The van der Waals surface area contributed by atoms with Gasteiger partial charge in [-0.05, 0) is 35.4 Å². The van der Waals surface area contributed by atoms with E-state index in [1.165, 1.54) is 0 Å². The first kappa shape index (κ1) is 12.0. The molecule has 0 unspecified atom stereocenters. The zero-order valence-corrected chi connectivity index (χ0v) is 11.3. The third-order valence-electron chi connectivity index (χ3n) is 3.53. The van der Waals surface area contributed by atoms with Crippen LogP contribution in [0.5, 0.6) is 11.5 Å². The van der Waals surface area contributed by atoms with Gasteiger partial charge in [0.2, 0.25) is 6.79 Å². The van der Waals surface area contributed by atoms with Crippen LogP contribution in [0.25, 0.3) is 23.1 Å². The minimum Gasteiger partial charge on any atom is -0.454 e. The van der Waals surface area contributed by atoms with Crippen molar-refractivity contribution in [2.45, 2.75) is 0 Å². The molecule has 3 heteroatoms. The average Bonchev–Trinajstić information content (AvgIpc) is 3.00. The molecule has 0 atom stereocenters. The van der Waals surface area contributed by atoms with Gasteiger partial charge in [-0.2, -0.15) is 0 Å². The van der Waals surface area contributed by atoms with Gasteiger partial charge >= 0.3 is 0 Å². The molecule has 1 aliphatic heterocycles. The molecule has 0 aliphatic carbocycles. The van der Waals surface area contributed by atoms with Crippen LogP contribution in [-0.2, 0) is 0 Å². The van der Waals surface area contributed by atoms with E-state index in [0.29, 0.717) is 6.79 Å². The number of nitrogens with zero attached hydrogens (tertiary/aromatic N) is 1. The van der Waals surface area contributed by atoms with Crippen molar-refractivity contribution in [2.75, 3.05) is 6.79 Å². The molecule has 2 aromatic carbocycles. The van der Waals surface area contributed by atoms with Gasteiger partial charge in [-0.25, -0.2) is 0 Å². The van der Waals surface area contributed by atoms with E-state index in [1.54, 1.807) is 0 Å². The van der Waals surface area contributed by atoms with E-state index in [1.807, 2.05) is 48.7 Å². The summed E-state index contributed by atoms with van der Waals surface area (Å²) in [5, 5.41) is 1.15. The first-order valence-electron chi connectivity index (χ1n) is 6.82. The molecule has 0 spiro atoms. The highest BCUT2D eigenvalue weighted by Crippen LogP contribution is 2.33.